The standard InChI is InChI=1S/C12H17NO/c1-2-3-11(13)9-4-5-12-10(8-9)6-7-14-12/h4-5,8,11H,2-3,6-7,13H2,1H3/t11-/m1/s1. The SMILES string of the molecule is CCC[C@@H](N)c1ccc2c(c1)CCO2. The van der Waals surface area contributed by atoms with E-state index >= 15 is 0 Å². The highest BCUT2D eigenvalue weighted by molar-refractivity contribution is 5.40. The van der Waals surface area contributed by atoms with Crippen molar-refractivity contribution in [2.45, 2.75) is 32.2 Å². The molecule has 1 atom stereocenters. The molecule has 76 valence electrons. The first-order valence-corrected chi connectivity index (χ1v) is 5.32. The topological polar surface area (TPSA) is 35.2 Å². The average molecular weight is 191 g/mol. The molecule has 2 rings (SSSR count). The Morgan fingerprint density at radius 2 is 2.36 bits per heavy atom. The minimum Gasteiger partial charge on any atom is -0.493 e. The predicted molar refractivity (Wildman–Crippen MR) is 57.5 cm³/mol. The van der Waals surface area contributed by atoms with E-state index in [1.165, 1.54) is 11.1 Å². The third kappa shape index (κ3) is 1.75. The minimum atomic E-state index is 0.186. The summed E-state index contributed by atoms with van der Waals surface area (Å²) in [6, 6.07) is 6.52. The summed E-state index contributed by atoms with van der Waals surface area (Å²) < 4.78 is 5.45. The molecule has 0 radical (unpaired) electrons. The van der Waals surface area contributed by atoms with Crippen molar-refractivity contribution in [3.05, 3.63) is 29.3 Å². The molecule has 0 bridgehead atoms. The lowest BCUT2D eigenvalue weighted by Crippen LogP contribution is -2.09. The lowest BCUT2D eigenvalue weighted by Gasteiger charge is -2.11. The van der Waals surface area contributed by atoms with Gasteiger partial charge in [-0.15, -0.1) is 0 Å². The number of fused-ring (bicyclic) bond motifs is 1. The zero-order valence-corrected chi connectivity index (χ0v) is 8.62. The van der Waals surface area contributed by atoms with Crippen LogP contribution in [0.5, 0.6) is 5.75 Å². The van der Waals surface area contributed by atoms with Gasteiger partial charge in [0.2, 0.25) is 0 Å². The molecule has 2 heteroatoms. The molecule has 0 fully saturated rings. The van der Waals surface area contributed by atoms with Crippen LogP contribution in [0.3, 0.4) is 0 Å². The molecule has 1 heterocycles. The predicted octanol–water partition coefficient (Wildman–Crippen LogP) is 2.42. The molecule has 1 aliphatic rings. The van der Waals surface area contributed by atoms with Gasteiger partial charge in [0.15, 0.2) is 0 Å². The normalized spacial score (nSPS) is 16.1. The van der Waals surface area contributed by atoms with Gasteiger partial charge in [0.05, 0.1) is 6.61 Å². The lowest BCUT2D eigenvalue weighted by molar-refractivity contribution is 0.357. The van der Waals surface area contributed by atoms with E-state index in [2.05, 4.69) is 19.1 Å². The second-order valence-electron chi connectivity index (χ2n) is 3.86. The number of hydrogen-bond donors (Lipinski definition) is 1. The number of ether oxygens (including phenoxy) is 1. The molecule has 1 aromatic rings. The third-order valence-electron chi connectivity index (χ3n) is 2.74. The second-order valence-corrected chi connectivity index (χ2v) is 3.86. The Morgan fingerprint density at radius 1 is 1.50 bits per heavy atom. The summed E-state index contributed by atoms with van der Waals surface area (Å²) in [5.41, 5.74) is 8.62. The van der Waals surface area contributed by atoms with E-state index in [1.807, 2.05) is 6.07 Å². The van der Waals surface area contributed by atoms with E-state index in [-0.39, 0.29) is 6.04 Å². The molecule has 2 nitrogen and oxygen atoms in total. The molecule has 1 aliphatic heterocycles. The number of nitrogens with two attached hydrogens (primary N) is 1. The van der Waals surface area contributed by atoms with Crippen molar-refractivity contribution in [1.82, 2.24) is 0 Å². The Morgan fingerprint density at radius 3 is 3.14 bits per heavy atom. The van der Waals surface area contributed by atoms with E-state index in [0.717, 1.165) is 31.6 Å². The number of benzene rings is 1. The molecule has 2 N–H and O–H groups in total. The lowest BCUT2D eigenvalue weighted by atomic mass is 10.0. The van der Waals surface area contributed by atoms with Crippen molar-refractivity contribution in [2.75, 3.05) is 6.61 Å². The van der Waals surface area contributed by atoms with E-state index in [0.29, 0.717) is 0 Å². The highest BCUT2D eigenvalue weighted by atomic mass is 16.5. The molecule has 14 heavy (non-hydrogen) atoms. The Balaban J connectivity index is 2.19. The highest BCUT2D eigenvalue weighted by Crippen LogP contribution is 2.28. The quantitative estimate of drug-likeness (QED) is 0.796. The molecule has 0 amide bonds. The van der Waals surface area contributed by atoms with Crippen molar-refractivity contribution in [1.29, 1.82) is 0 Å². The highest BCUT2D eigenvalue weighted by Gasteiger charge is 2.14. The van der Waals surface area contributed by atoms with Crippen LogP contribution in [-0.2, 0) is 6.42 Å². The van der Waals surface area contributed by atoms with E-state index in [1.54, 1.807) is 0 Å². The summed E-state index contributed by atoms with van der Waals surface area (Å²) in [4.78, 5) is 0. The van der Waals surface area contributed by atoms with Crippen LogP contribution in [0.4, 0.5) is 0 Å². The minimum absolute atomic E-state index is 0.186. The fourth-order valence-electron chi connectivity index (χ4n) is 1.91. The van der Waals surface area contributed by atoms with E-state index in [9.17, 15) is 0 Å². The maximum atomic E-state index is 6.06. The molecule has 0 unspecified atom stereocenters. The van der Waals surface area contributed by atoms with Gasteiger partial charge in [0, 0.05) is 12.5 Å². The summed E-state index contributed by atoms with van der Waals surface area (Å²) in [6.45, 7) is 2.98. The molecule has 0 aliphatic carbocycles. The van der Waals surface area contributed by atoms with Crippen LogP contribution in [0.15, 0.2) is 18.2 Å². The van der Waals surface area contributed by atoms with E-state index in [4.69, 9.17) is 10.5 Å². The zero-order chi connectivity index (χ0) is 9.97. The molecular formula is C12H17NO. The van der Waals surface area contributed by atoms with Gasteiger partial charge in [-0.3, -0.25) is 0 Å². The second kappa shape index (κ2) is 4.01. The summed E-state index contributed by atoms with van der Waals surface area (Å²) in [7, 11) is 0. The van der Waals surface area contributed by atoms with Gasteiger partial charge in [-0.1, -0.05) is 25.5 Å². The third-order valence-corrected chi connectivity index (χ3v) is 2.74. The first-order chi connectivity index (χ1) is 6.81. The smallest absolute Gasteiger partial charge is 0.122 e. The monoisotopic (exact) mass is 191 g/mol. The Hall–Kier alpha value is -1.02. The number of rotatable bonds is 3. The van der Waals surface area contributed by atoms with Crippen LogP contribution in [0.2, 0.25) is 0 Å². The van der Waals surface area contributed by atoms with Crippen molar-refractivity contribution in [3.63, 3.8) is 0 Å². The van der Waals surface area contributed by atoms with Crippen molar-refractivity contribution in [2.24, 2.45) is 5.73 Å². The van der Waals surface area contributed by atoms with Crippen LogP contribution < -0.4 is 10.5 Å². The summed E-state index contributed by atoms with van der Waals surface area (Å²) in [5.74, 6) is 1.04. The van der Waals surface area contributed by atoms with Gasteiger partial charge in [-0.2, -0.15) is 0 Å². The van der Waals surface area contributed by atoms with Gasteiger partial charge in [0.1, 0.15) is 5.75 Å². The van der Waals surface area contributed by atoms with Crippen LogP contribution in [0.1, 0.15) is 36.9 Å². The largest absolute Gasteiger partial charge is 0.493 e. The molecule has 0 saturated carbocycles. The van der Waals surface area contributed by atoms with Gasteiger partial charge in [-0.25, -0.2) is 0 Å². The maximum Gasteiger partial charge on any atom is 0.122 e. The van der Waals surface area contributed by atoms with Crippen LogP contribution >= 0.6 is 0 Å². The van der Waals surface area contributed by atoms with Gasteiger partial charge >= 0.3 is 0 Å². The van der Waals surface area contributed by atoms with Crippen LogP contribution in [0.25, 0.3) is 0 Å². The zero-order valence-electron chi connectivity index (χ0n) is 8.62. The van der Waals surface area contributed by atoms with Gasteiger partial charge in [0.25, 0.3) is 0 Å². The van der Waals surface area contributed by atoms with Crippen molar-refractivity contribution in [3.8, 4) is 5.75 Å². The molecule has 0 saturated heterocycles. The van der Waals surface area contributed by atoms with Crippen molar-refractivity contribution < 1.29 is 4.74 Å². The maximum absolute atomic E-state index is 6.06. The Bertz CT molecular complexity index is 322. The Kier molecular flexibility index (Phi) is 2.73. The van der Waals surface area contributed by atoms with Crippen LogP contribution in [0, 0.1) is 0 Å². The summed E-state index contributed by atoms with van der Waals surface area (Å²) in [5, 5.41) is 0. The first kappa shape index (κ1) is 9.53. The number of hydrogen-bond acceptors (Lipinski definition) is 2. The summed E-state index contributed by atoms with van der Waals surface area (Å²) in [6.07, 6.45) is 3.22. The fraction of sp³-hybridized carbons (Fsp3) is 0.500. The molecular weight excluding hydrogens is 174 g/mol. The molecule has 0 aromatic heterocycles. The van der Waals surface area contributed by atoms with Gasteiger partial charge < -0.3 is 10.5 Å². The average Bonchev–Trinajstić information content (AvgIpc) is 2.64. The van der Waals surface area contributed by atoms with Crippen molar-refractivity contribution >= 4 is 0 Å². The fourth-order valence-corrected chi connectivity index (χ4v) is 1.91. The summed E-state index contributed by atoms with van der Waals surface area (Å²) >= 11 is 0. The molecule has 0 spiro atoms. The molecule has 1 aromatic carbocycles. The van der Waals surface area contributed by atoms with Gasteiger partial charge in [-0.05, 0) is 23.6 Å². The van der Waals surface area contributed by atoms with E-state index < -0.39 is 0 Å². The van der Waals surface area contributed by atoms with Crippen LogP contribution in [-0.4, -0.2) is 6.61 Å². The first-order valence-electron chi connectivity index (χ1n) is 5.32. The Labute approximate surface area is 85.1 Å².